The Bertz CT molecular complexity index is 1770. The molecule has 4 bridgehead atoms. The highest BCUT2D eigenvalue weighted by Crippen LogP contribution is 2.71. The van der Waals surface area contributed by atoms with Gasteiger partial charge in [-0.25, -0.2) is 0 Å². The molecule has 0 aliphatic heterocycles. The second-order valence-corrected chi connectivity index (χ2v) is 13.1. The van der Waals surface area contributed by atoms with E-state index in [1.54, 1.807) is 12.1 Å². The molecule has 1 spiro atoms. The first-order chi connectivity index (χ1) is 19.4. The second kappa shape index (κ2) is 8.13. The van der Waals surface area contributed by atoms with Gasteiger partial charge in [-0.05, 0) is 96.7 Å². The lowest BCUT2D eigenvalue weighted by atomic mass is 9.42. The van der Waals surface area contributed by atoms with Crippen molar-refractivity contribution in [3.8, 4) is 40.0 Å². The van der Waals surface area contributed by atoms with Crippen LogP contribution in [-0.4, -0.2) is 14.8 Å². The summed E-state index contributed by atoms with van der Waals surface area (Å²) in [5, 5.41) is 43.3. The standard InChI is InChI=1S/C34H27N3O2S/c1-18-27-15-28(23-5-3-2-4-6-23)40-31(27)34(24-9-19-7-20(11-24)12-25(34)10-19)30-29(18)32(38)37(33(30)39)26-13-21(16-35)8-22(14-26)17-36/h2-6,8,13-15,19-20,24-25,38-39H,1,7,9-12H2. The highest BCUT2D eigenvalue weighted by atomic mass is 32.1. The molecule has 5 aliphatic rings. The minimum atomic E-state index is -0.408. The quantitative estimate of drug-likeness (QED) is 0.275. The largest absolute Gasteiger partial charge is 0.494 e. The highest BCUT2D eigenvalue weighted by molar-refractivity contribution is 7.16. The molecule has 9 rings (SSSR count). The van der Waals surface area contributed by atoms with E-state index in [2.05, 4.69) is 49.0 Å². The normalized spacial score (nSPS) is 27.3. The van der Waals surface area contributed by atoms with Crippen molar-refractivity contribution in [3.63, 3.8) is 0 Å². The smallest absolute Gasteiger partial charge is 0.207 e. The molecular weight excluding hydrogens is 514 g/mol. The number of aromatic nitrogens is 1. The summed E-state index contributed by atoms with van der Waals surface area (Å²) >= 11 is 1.82. The average Bonchev–Trinajstić information content (AvgIpc) is 3.53. The van der Waals surface area contributed by atoms with Crippen LogP contribution in [0.1, 0.15) is 64.8 Å². The Morgan fingerprint density at radius 1 is 0.850 bits per heavy atom. The van der Waals surface area contributed by atoms with E-state index in [9.17, 15) is 20.7 Å². The highest BCUT2D eigenvalue weighted by Gasteiger charge is 2.63. The predicted octanol–water partition coefficient (Wildman–Crippen LogP) is 7.48. The van der Waals surface area contributed by atoms with E-state index in [-0.39, 0.29) is 11.8 Å². The Morgan fingerprint density at radius 2 is 1.48 bits per heavy atom. The molecule has 5 aliphatic carbocycles. The van der Waals surface area contributed by atoms with Crippen molar-refractivity contribution >= 4 is 16.9 Å². The number of thiophene rings is 1. The third-order valence-electron chi connectivity index (χ3n) is 10.2. The molecule has 0 saturated heterocycles. The maximum atomic E-state index is 12.2. The van der Waals surface area contributed by atoms with Gasteiger partial charge in [0.2, 0.25) is 11.8 Å². The molecule has 5 nitrogen and oxygen atoms in total. The van der Waals surface area contributed by atoms with Gasteiger partial charge in [0, 0.05) is 20.7 Å². The molecule has 0 radical (unpaired) electrons. The van der Waals surface area contributed by atoms with Gasteiger partial charge in [0.05, 0.1) is 34.5 Å². The third-order valence-corrected chi connectivity index (χ3v) is 11.5. The molecular formula is C34H27N3O2S. The predicted molar refractivity (Wildman–Crippen MR) is 154 cm³/mol. The molecule has 0 amide bonds. The Labute approximate surface area is 236 Å². The lowest BCUT2D eigenvalue weighted by molar-refractivity contribution is -0.0417. The monoisotopic (exact) mass is 541 g/mol. The summed E-state index contributed by atoms with van der Waals surface area (Å²) < 4.78 is 1.43. The van der Waals surface area contributed by atoms with E-state index in [0.29, 0.717) is 39.8 Å². The summed E-state index contributed by atoms with van der Waals surface area (Å²) in [5.41, 5.74) is 4.94. The summed E-state index contributed by atoms with van der Waals surface area (Å²) in [4.78, 5) is 2.45. The van der Waals surface area contributed by atoms with Crippen LogP contribution in [0, 0.1) is 46.3 Å². The van der Waals surface area contributed by atoms with Gasteiger partial charge >= 0.3 is 0 Å². The minimum Gasteiger partial charge on any atom is -0.494 e. The summed E-state index contributed by atoms with van der Waals surface area (Å²) in [6.07, 6.45) is 5.83. The van der Waals surface area contributed by atoms with Crippen LogP contribution < -0.4 is 0 Å². The molecule has 196 valence electrons. The van der Waals surface area contributed by atoms with Crippen LogP contribution in [0.2, 0.25) is 0 Å². The number of rotatable bonds is 2. The van der Waals surface area contributed by atoms with Gasteiger partial charge < -0.3 is 10.2 Å². The van der Waals surface area contributed by atoms with Crippen molar-refractivity contribution in [2.45, 2.75) is 37.5 Å². The molecule has 6 heteroatoms. The number of nitrogens with zero attached hydrogens (tertiary/aromatic N) is 3. The van der Waals surface area contributed by atoms with Crippen LogP contribution in [0.15, 0.2) is 61.2 Å². The summed E-state index contributed by atoms with van der Waals surface area (Å²) in [6, 6.07) is 21.6. The van der Waals surface area contributed by atoms with E-state index < -0.39 is 5.41 Å². The molecule has 2 aromatic heterocycles. The third kappa shape index (κ3) is 2.90. The van der Waals surface area contributed by atoms with Gasteiger partial charge in [-0.2, -0.15) is 10.5 Å². The molecule has 40 heavy (non-hydrogen) atoms. The minimum absolute atomic E-state index is 0.000383. The molecule has 4 aromatic rings. The van der Waals surface area contributed by atoms with Crippen molar-refractivity contribution in [1.82, 2.24) is 4.57 Å². The van der Waals surface area contributed by atoms with Gasteiger partial charge in [0.15, 0.2) is 0 Å². The number of nitriles is 2. The second-order valence-electron chi connectivity index (χ2n) is 12.1. The molecule has 4 fully saturated rings. The van der Waals surface area contributed by atoms with Gasteiger partial charge in [-0.1, -0.05) is 36.9 Å². The summed E-state index contributed by atoms with van der Waals surface area (Å²) in [6.45, 7) is 4.49. The fourth-order valence-corrected chi connectivity index (χ4v) is 10.5. The lowest BCUT2D eigenvalue weighted by Gasteiger charge is -2.62. The number of hydrogen-bond acceptors (Lipinski definition) is 5. The fraction of sp³-hybridized carbons (Fsp3) is 0.294. The van der Waals surface area contributed by atoms with Gasteiger partial charge in [0.25, 0.3) is 0 Å². The Morgan fingerprint density at radius 3 is 2.08 bits per heavy atom. The Hall–Kier alpha value is -4.26. The zero-order valence-corrected chi connectivity index (χ0v) is 22.7. The molecule has 2 aromatic carbocycles. The molecule has 2 N–H and O–H groups in total. The van der Waals surface area contributed by atoms with Gasteiger partial charge in [-0.3, -0.25) is 4.57 Å². The average molecular weight is 542 g/mol. The van der Waals surface area contributed by atoms with Crippen LogP contribution in [-0.2, 0) is 5.41 Å². The van der Waals surface area contributed by atoms with E-state index in [4.69, 9.17) is 0 Å². The van der Waals surface area contributed by atoms with Crippen LogP contribution >= 0.6 is 11.3 Å². The van der Waals surface area contributed by atoms with E-state index in [1.807, 2.05) is 17.4 Å². The van der Waals surface area contributed by atoms with Crippen molar-refractivity contribution in [1.29, 1.82) is 10.5 Å². The fourth-order valence-electron chi connectivity index (χ4n) is 8.96. The van der Waals surface area contributed by atoms with Crippen LogP contribution in [0.3, 0.4) is 0 Å². The maximum Gasteiger partial charge on any atom is 0.207 e. The zero-order chi connectivity index (χ0) is 27.3. The van der Waals surface area contributed by atoms with Crippen molar-refractivity contribution in [2.24, 2.45) is 23.7 Å². The first-order valence-electron chi connectivity index (χ1n) is 14.0. The topological polar surface area (TPSA) is 93.0 Å². The van der Waals surface area contributed by atoms with Crippen molar-refractivity contribution in [3.05, 3.63) is 93.9 Å². The summed E-state index contributed by atoms with van der Waals surface area (Å²) in [7, 11) is 0. The number of aromatic hydroxyl groups is 2. The number of fused-ring (bicyclic) bond motifs is 2. The van der Waals surface area contributed by atoms with Crippen LogP contribution in [0.5, 0.6) is 11.8 Å². The lowest BCUT2D eigenvalue weighted by Crippen LogP contribution is -2.56. The molecule has 2 heterocycles. The molecule has 0 unspecified atom stereocenters. The number of benzene rings is 2. The van der Waals surface area contributed by atoms with Gasteiger partial charge in [0.1, 0.15) is 0 Å². The van der Waals surface area contributed by atoms with E-state index in [1.165, 1.54) is 26.8 Å². The first kappa shape index (κ1) is 23.6. The zero-order valence-electron chi connectivity index (χ0n) is 21.9. The van der Waals surface area contributed by atoms with E-state index in [0.717, 1.165) is 54.2 Å². The van der Waals surface area contributed by atoms with Gasteiger partial charge in [-0.15, -0.1) is 11.3 Å². The maximum absolute atomic E-state index is 12.2. The number of hydrogen-bond donors (Lipinski definition) is 2. The first-order valence-corrected chi connectivity index (χ1v) is 14.8. The molecule has 4 saturated carbocycles. The van der Waals surface area contributed by atoms with E-state index >= 15 is 0 Å². The van der Waals surface area contributed by atoms with Crippen molar-refractivity contribution in [2.75, 3.05) is 0 Å². The molecule has 0 atom stereocenters. The SMILES string of the molecule is C=C1c2cc(-c3ccccc3)sc2C2(c3c1c(O)n(-c1cc(C#N)cc(C#N)c1)c3O)C1CC3CC(C1)CC2C3. The van der Waals surface area contributed by atoms with Crippen LogP contribution in [0.4, 0.5) is 0 Å². The van der Waals surface area contributed by atoms with Crippen LogP contribution in [0.25, 0.3) is 21.7 Å². The Balaban J connectivity index is 1.43. The Kier molecular flexibility index (Phi) is 4.80. The summed E-state index contributed by atoms with van der Waals surface area (Å²) in [5.74, 6) is 2.11. The van der Waals surface area contributed by atoms with Crippen molar-refractivity contribution < 1.29 is 10.2 Å².